The van der Waals surface area contributed by atoms with Crippen LogP contribution in [0.5, 0.6) is 5.75 Å². The van der Waals surface area contributed by atoms with Gasteiger partial charge in [0.2, 0.25) is 5.91 Å². The third kappa shape index (κ3) is 5.64. The third-order valence-electron chi connectivity index (χ3n) is 3.36. The largest absolute Gasteiger partial charge is 0.497 e. The van der Waals surface area contributed by atoms with E-state index in [-0.39, 0.29) is 12.5 Å². The van der Waals surface area contributed by atoms with Crippen molar-refractivity contribution in [3.63, 3.8) is 0 Å². The minimum absolute atomic E-state index is 0.160. The van der Waals surface area contributed by atoms with Crippen molar-refractivity contribution in [1.29, 1.82) is 0 Å². The predicted molar refractivity (Wildman–Crippen MR) is 88.1 cm³/mol. The molecule has 1 atom stereocenters. The standard InChI is InChI=1S/C18H21NO4/c1-18(21,11-14-3-6-16(22-2)7-4-14)13-19-17(20)8-5-15-9-10-23-12-15/h3-10,12,21H,11,13H2,1-2H3,(H,19,20)/b8-5+/t18-/m0/s1. The first kappa shape index (κ1) is 16.8. The summed E-state index contributed by atoms with van der Waals surface area (Å²) in [5, 5.41) is 13.1. The summed E-state index contributed by atoms with van der Waals surface area (Å²) in [5.74, 6) is 0.507. The van der Waals surface area contributed by atoms with E-state index in [1.807, 2.05) is 24.3 Å². The minimum Gasteiger partial charge on any atom is -0.497 e. The van der Waals surface area contributed by atoms with E-state index in [9.17, 15) is 9.90 Å². The highest BCUT2D eigenvalue weighted by Gasteiger charge is 2.21. The number of methoxy groups -OCH3 is 1. The second-order valence-corrected chi connectivity index (χ2v) is 5.63. The molecule has 2 aromatic rings. The molecule has 0 unspecified atom stereocenters. The number of benzene rings is 1. The second-order valence-electron chi connectivity index (χ2n) is 5.63. The molecule has 0 saturated carbocycles. The van der Waals surface area contributed by atoms with E-state index in [2.05, 4.69) is 5.32 Å². The number of amides is 1. The summed E-state index contributed by atoms with van der Waals surface area (Å²) in [4.78, 5) is 11.8. The molecule has 23 heavy (non-hydrogen) atoms. The summed E-state index contributed by atoms with van der Waals surface area (Å²) in [7, 11) is 1.61. The van der Waals surface area contributed by atoms with Crippen LogP contribution < -0.4 is 10.1 Å². The summed E-state index contributed by atoms with van der Waals surface area (Å²) < 4.78 is 10.0. The van der Waals surface area contributed by atoms with Gasteiger partial charge in [-0.25, -0.2) is 0 Å². The second kappa shape index (κ2) is 7.65. The van der Waals surface area contributed by atoms with Crippen molar-refractivity contribution in [2.45, 2.75) is 18.9 Å². The number of hydrogen-bond donors (Lipinski definition) is 2. The molecule has 1 aromatic carbocycles. The van der Waals surface area contributed by atoms with Crippen molar-refractivity contribution < 1.29 is 19.1 Å². The van der Waals surface area contributed by atoms with Gasteiger partial charge in [-0.3, -0.25) is 4.79 Å². The van der Waals surface area contributed by atoms with E-state index in [1.54, 1.807) is 32.4 Å². The van der Waals surface area contributed by atoms with Gasteiger partial charge in [0.05, 0.1) is 25.2 Å². The van der Waals surface area contributed by atoms with Crippen molar-refractivity contribution in [3.05, 3.63) is 60.1 Å². The molecule has 0 radical (unpaired) electrons. The summed E-state index contributed by atoms with van der Waals surface area (Å²) in [6.45, 7) is 1.85. The van der Waals surface area contributed by atoms with Gasteiger partial charge in [0.15, 0.2) is 0 Å². The Morgan fingerprint density at radius 2 is 2.09 bits per heavy atom. The van der Waals surface area contributed by atoms with Crippen LogP contribution in [0.2, 0.25) is 0 Å². The van der Waals surface area contributed by atoms with Gasteiger partial charge in [-0.2, -0.15) is 0 Å². The van der Waals surface area contributed by atoms with Gasteiger partial charge in [-0.1, -0.05) is 12.1 Å². The van der Waals surface area contributed by atoms with Crippen LogP contribution in [-0.4, -0.2) is 30.3 Å². The van der Waals surface area contributed by atoms with Crippen molar-refractivity contribution >= 4 is 12.0 Å². The highest BCUT2D eigenvalue weighted by Crippen LogP contribution is 2.16. The quantitative estimate of drug-likeness (QED) is 0.770. The summed E-state index contributed by atoms with van der Waals surface area (Å²) in [5.41, 5.74) is 0.748. The number of rotatable bonds is 7. The van der Waals surface area contributed by atoms with Crippen molar-refractivity contribution in [2.24, 2.45) is 0 Å². The summed E-state index contributed by atoms with van der Waals surface area (Å²) in [6, 6.07) is 9.24. The van der Waals surface area contributed by atoms with E-state index in [1.165, 1.54) is 12.3 Å². The molecule has 1 aromatic heterocycles. The number of nitrogens with one attached hydrogen (secondary N) is 1. The first-order valence-electron chi connectivity index (χ1n) is 7.32. The Bertz CT molecular complexity index is 642. The van der Waals surface area contributed by atoms with Crippen LogP contribution in [0.3, 0.4) is 0 Å². The van der Waals surface area contributed by atoms with Crippen LogP contribution in [0, 0.1) is 0 Å². The monoisotopic (exact) mass is 315 g/mol. The van der Waals surface area contributed by atoms with Crippen LogP contribution in [0.4, 0.5) is 0 Å². The lowest BCUT2D eigenvalue weighted by Crippen LogP contribution is -2.41. The first-order valence-corrected chi connectivity index (χ1v) is 7.32. The number of aliphatic hydroxyl groups is 1. The molecule has 2 N–H and O–H groups in total. The van der Waals surface area contributed by atoms with Gasteiger partial charge in [-0.05, 0) is 36.8 Å². The lowest BCUT2D eigenvalue weighted by atomic mass is 9.96. The Morgan fingerprint density at radius 3 is 2.70 bits per heavy atom. The van der Waals surface area contributed by atoms with Crippen LogP contribution in [0.15, 0.2) is 53.4 Å². The average molecular weight is 315 g/mol. The molecule has 1 heterocycles. The molecule has 1 amide bonds. The molecule has 5 heteroatoms. The maximum atomic E-state index is 11.8. The van der Waals surface area contributed by atoms with Gasteiger partial charge in [-0.15, -0.1) is 0 Å². The molecule has 0 spiro atoms. The SMILES string of the molecule is COc1ccc(C[C@](C)(O)CNC(=O)/C=C/c2ccoc2)cc1. The normalized spacial score (nSPS) is 13.7. The van der Waals surface area contributed by atoms with E-state index < -0.39 is 5.60 Å². The summed E-state index contributed by atoms with van der Waals surface area (Å²) in [6.07, 6.45) is 6.58. The van der Waals surface area contributed by atoms with Crippen LogP contribution in [0.1, 0.15) is 18.1 Å². The molecule has 5 nitrogen and oxygen atoms in total. The fourth-order valence-corrected chi connectivity index (χ4v) is 2.12. The average Bonchev–Trinajstić information content (AvgIpc) is 3.05. The molecule has 2 rings (SSSR count). The van der Waals surface area contributed by atoms with E-state index in [0.717, 1.165) is 16.9 Å². The van der Waals surface area contributed by atoms with Gasteiger partial charge in [0, 0.05) is 24.6 Å². The molecular weight excluding hydrogens is 294 g/mol. The molecule has 0 fully saturated rings. The number of carbonyl (C=O) groups excluding carboxylic acids is 1. The van der Waals surface area contributed by atoms with Gasteiger partial charge < -0.3 is 19.6 Å². The molecule has 0 aliphatic rings. The predicted octanol–water partition coefficient (Wildman–Crippen LogP) is 2.41. The molecule has 122 valence electrons. The zero-order valence-corrected chi connectivity index (χ0v) is 13.3. The number of furan rings is 1. The van der Waals surface area contributed by atoms with E-state index >= 15 is 0 Å². The summed E-state index contributed by atoms with van der Waals surface area (Å²) >= 11 is 0. The highest BCUT2D eigenvalue weighted by atomic mass is 16.5. The molecular formula is C18H21NO4. The molecule has 0 aliphatic carbocycles. The molecule has 0 aliphatic heterocycles. The number of ether oxygens (including phenoxy) is 1. The maximum absolute atomic E-state index is 11.8. The zero-order chi connectivity index (χ0) is 16.7. The molecule has 0 bridgehead atoms. The highest BCUT2D eigenvalue weighted by molar-refractivity contribution is 5.91. The van der Waals surface area contributed by atoms with Crippen molar-refractivity contribution in [3.8, 4) is 5.75 Å². The lowest BCUT2D eigenvalue weighted by molar-refractivity contribution is -0.117. The van der Waals surface area contributed by atoms with E-state index in [4.69, 9.17) is 9.15 Å². The number of carbonyl (C=O) groups is 1. The zero-order valence-electron chi connectivity index (χ0n) is 13.3. The Balaban J connectivity index is 1.83. The fourth-order valence-electron chi connectivity index (χ4n) is 2.12. The van der Waals surface area contributed by atoms with Gasteiger partial charge in [0.25, 0.3) is 0 Å². The first-order chi connectivity index (χ1) is 11.0. The Morgan fingerprint density at radius 1 is 1.35 bits per heavy atom. The Kier molecular flexibility index (Phi) is 5.60. The van der Waals surface area contributed by atoms with Crippen LogP contribution in [0.25, 0.3) is 6.08 Å². The van der Waals surface area contributed by atoms with Gasteiger partial charge >= 0.3 is 0 Å². The van der Waals surface area contributed by atoms with E-state index in [0.29, 0.717) is 6.42 Å². The lowest BCUT2D eigenvalue weighted by Gasteiger charge is -2.23. The van der Waals surface area contributed by atoms with Crippen molar-refractivity contribution in [2.75, 3.05) is 13.7 Å². The smallest absolute Gasteiger partial charge is 0.244 e. The van der Waals surface area contributed by atoms with Crippen LogP contribution >= 0.6 is 0 Å². The maximum Gasteiger partial charge on any atom is 0.244 e. The Labute approximate surface area is 135 Å². The fraction of sp³-hybridized carbons (Fsp3) is 0.278. The molecule has 0 saturated heterocycles. The van der Waals surface area contributed by atoms with Crippen LogP contribution in [-0.2, 0) is 11.2 Å². The topological polar surface area (TPSA) is 71.7 Å². The Hall–Kier alpha value is -2.53. The van der Waals surface area contributed by atoms with Crippen molar-refractivity contribution in [1.82, 2.24) is 5.32 Å². The van der Waals surface area contributed by atoms with Gasteiger partial charge in [0.1, 0.15) is 5.75 Å². The number of hydrogen-bond acceptors (Lipinski definition) is 4. The minimum atomic E-state index is -1.03. The third-order valence-corrected chi connectivity index (χ3v) is 3.36.